The number of benzene rings is 1. The lowest BCUT2D eigenvalue weighted by Gasteiger charge is -2.20. The number of hydrogen-bond acceptors (Lipinski definition) is 2. The van der Waals surface area contributed by atoms with Crippen molar-refractivity contribution < 1.29 is 9.84 Å². The fourth-order valence-electron chi connectivity index (χ4n) is 2.13. The molecular formula is C15H20O2. The second kappa shape index (κ2) is 5.26. The highest BCUT2D eigenvalue weighted by atomic mass is 16.5. The van der Waals surface area contributed by atoms with Crippen LogP contribution in [0.4, 0.5) is 0 Å². The van der Waals surface area contributed by atoms with Gasteiger partial charge in [-0.2, -0.15) is 0 Å². The van der Waals surface area contributed by atoms with Gasteiger partial charge in [-0.05, 0) is 49.6 Å². The van der Waals surface area contributed by atoms with E-state index >= 15 is 0 Å². The maximum atomic E-state index is 9.95. The largest absolute Gasteiger partial charge is 0.507 e. The standard InChI is InChI=1S/C15H20O2/c1-3-4-5-6-12-9-14(16)13-8-7-11(2)17-15(13)10-12/h7-11,16H,3-6H2,1-2H3/t11-/m0/s1. The fraction of sp³-hybridized carbons (Fsp3) is 0.467. The van der Waals surface area contributed by atoms with E-state index in [2.05, 4.69) is 13.0 Å². The zero-order valence-electron chi connectivity index (χ0n) is 10.6. The first-order valence-corrected chi connectivity index (χ1v) is 6.41. The van der Waals surface area contributed by atoms with Gasteiger partial charge in [0.15, 0.2) is 0 Å². The van der Waals surface area contributed by atoms with Gasteiger partial charge in [-0.15, -0.1) is 0 Å². The van der Waals surface area contributed by atoms with Crippen molar-refractivity contribution in [3.05, 3.63) is 29.3 Å². The molecule has 1 aliphatic rings. The Morgan fingerprint density at radius 2 is 2.12 bits per heavy atom. The summed E-state index contributed by atoms with van der Waals surface area (Å²) in [5.74, 6) is 1.14. The minimum absolute atomic E-state index is 0.0905. The minimum atomic E-state index is 0.0905. The van der Waals surface area contributed by atoms with Gasteiger partial charge >= 0.3 is 0 Å². The number of hydrogen-bond donors (Lipinski definition) is 1. The molecule has 0 saturated heterocycles. The van der Waals surface area contributed by atoms with E-state index in [0.717, 1.165) is 23.3 Å². The monoisotopic (exact) mass is 232 g/mol. The van der Waals surface area contributed by atoms with Gasteiger partial charge in [0.25, 0.3) is 0 Å². The van der Waals surface area contributed by atoms with Crippen LogP contribution in [0.2, 0.25) is 0 Å². The minimum Gasteiger partial charge on any atom is -0.507 e. The third kappa shape index (κ3) is 2.82. The Morgan fingerprint density at radius 3 is 2.88 bits per heavy atom. The smallest absolute Gasteiger partial charge is 0.131 e. The van der Waals surface area contributed by atoms with E-state index in [0.29, 0.717) is 5.75 Å². The molecule has 0 radical (unpaired) electrons. The Hall–Kier alpha value is -1.44. The van der Waals surface area contributed by atoms with Crippen LogP contribution in [0.1, 0.15) is 44.2 Å². The maximum Gasteiger partial charge on any atom is 0.131 e. The Bertz CT molecular complexity index is 421. The normalized spacial score (nSPS) is 17.6. The highest BCUT2D eigenvalue weighted by Gasteiger charge is 2.15. The molecule has 1 aliphatic heterocycles. The highest BCUT2D eigenvalue weighted by Crippen LogP contribution is 2.35. The lowest BCUT2D eigenvalue weighted by molar-refractivity contribution is 0.264. The van der Waals surface area contributed by atoms with E-state index in [-0.39, 0.29) is 6.10 Å². The van der Waals surface area contributed by atoms with Crippen LogP contribution in [0.3, 0.4) is 0 Å². The van der Waals surface area contributed by atoms with E-state index in [4.69, 9.17) is 4.74 Å². The summed E-state index contributed by atoms with van der Waals surface area (Å²) in [6.45, 7) is 4.19. The molecule has 2 heteroatoms. The second-order valence-corrected chi connectivity index (χ2v) is 4.67. The van der Waals surface area contributed by atoms with Crippen molar-refractivity contribution in [3.8, 4) is 11.5 Å². The van der Waals surface area contributed by atoms with Crippen molar-refractivity contribution in [1.29, 1.82) is 0 Å². The van der Waals surface area contributed by atoms with Gasteiger partial charge in [0.1, 0.15) is 17.6 Å². The third-order valence-electron chi connectivity index (χ3n) is 3.10. The summed E-state index contributed by atoms with van der Waals surface area (Å²) in [7, 11) is 0. The zero-order chi connectivity index (χ0) is 12.3. The lowest BCUT2D eigenvalue weighted by Crippen LogP contribution is -2.12. The number of phenols is 1. The molecule has 0 bridgehead atoms. The number of aryl methyl sites for hydroxylation is 1. The predicted octanol–water partition coefficient (Wildman–Crippen LogP) is 3.92. The SMILES string of the molecule is CCCCCc1cc(O)c2c(c1)O[C@@H](C)C=C2. The Morgan fingerprint density at radius 1 is 1.29 bits per heavy atom. The number of fused-ring (bicyclic) bond motifs is 1. The molecule has 0 spiro atoms. The molecule has 1 atom stereocenters. The topological polar surface area (TPSA) is 29.5 Å². The van der Waals surface area contributed by atoms with Gasteiger partial charge in [-0.3, -0.25) is 0 Å². The summed E-state index contributed by atoms with van der Waals surface area (Å²) >= 11 is 0. The fourth-order valence-corrected chi connectivity index (χ4v) is 2.13. The van der Waals surface area contributed by atoms with Crippen LogP contribution in [0.25, 0.3) is 6.08 Å². The van der Waals surface area contributed by atoms with Crippen molar-refractivity contribution in [2.24, 2.45) is 0 Å². The molecule has 1 N–H and O–H groups in total. The van der Waals surface area contributed by atoms with Crippen LogP contribution in [-0.4, -0.2) is 11.2 Å². The molecule has 2 rings (SSSR count). The maximum absolute atomic E-state index is 9.95. The summed E-state index contributed by atoms with van der Waals surface area (Å²) in [5.41, 5.74) is 1.97. The number of unbranched alkanes of at least 4 members (excludes halogenated alkanes) is 2. The number of aromatic hydroxyl groups is 1. The van der Waals surface area contributed by atoms with Crippen LogP contribution < -0.4 is 4.74 Å². The van der Waals surface area contributed by atoms with Gasteiger partial charge in [-0.25, -0.2) is 0 Å². The summed E-state index contributed by atoms with van der Waals surface area (Å²) in [4.78, 5) is 0. The third-order valence-corrected chi connectivity index (χ3v) is 3.10. The molecular weight excluding hydrogens is 212 g/mol. The average Bonchev–Trinajstić information content (AvgIpc) is 2.28. The lowest BCUT2D eigenvalue weighted by atomic mass is 10.0. The van der Waals surface area contributed by atoms with Crippen molar-refractivity contribution in [1.82, 2.24) is 0 Å². The first kappa shape index (κ1) is 12.0. The first-order valence-electron chi connectivity index (χ1n) is 6.41. The van der Waals surface area contributed by atoms with Gasteiger partial charge < -0.3 is 9.84 Å². The highest BCUT2D eigenvalue weighted by molar-refractivity contribution is 5.67. The van der Waals surface area contributed by atoms with E-state index in [1.54, 1.807) is 0 Å². The molecule has 0 saturated carbocycles. The van der Waals surface area contributed by atoms with E-state index < -0.39 is 0 Å². The number of ether oxygens (including phenoxy) is 1. The Balaban J connectivity index is 2.18. The Labute approximate surface area is 103 Å². The summed E-state index contributed by atoms with van der Waals surface area (Å²) in [6.07, 6.45) is 8.61. The van der Waals surface area contributed by atoms with E-state index in [1.807, 2.05) is 25.1 Å². The molecule has 1 heterocycles. The van der Waals surface area contributed by atoms with Gasteiger partial charge in [-0.1, -0.05) is 19.8 Å². The average molecular weight is 232 g/mol. The summed E-state index contributed by atoms with van der Waals surface area (Å²) in [5, 5.41) is 9.95. The predicted molar refractivity (Wildman–Crippen MR) is 70.5 cm³/mol. The van der Waals surface area contributed by atoms with Crippen LogP contribution in [0.5, 0.6) is 11.5 Å². The zero-order valence-corrected chi connectivity index (χ0v) is 10.6. The molecule has 0 fully saturated rings. The van der Waals surface area contributed by atoms with Crippen LogP contribution in [-0.2, 0) is 6.42 Å². The van der Waals surface area contributed by atoms with Crippen molar-refractivity contribution in [2.45, 2.75) is 45.6 Å². The molecule has 92 valence electrons. The molecule has 1 aromatic rings. The Kier molecular flexibility index (Phi) is 3.72. The van der Waals surface area contributed by atoms with Gasteiger partial charge in [0.05, 0.1) is 5.56 Å². The molecule has 1 aromatic carbocycles. The van der Waals surface area contributed by atoms with Crippen molar-refractivity contribution in [2.75, 3.05) is 0 Å². The van der Waals surface area contributed by atoms with E-state index in [9.17, 15) is 5.11 Å². The second-order valence-electron chi connectivity index (χ2n) is 4.67. The molecule has 2 nitrogen and oxygen atoms in total. The molecule has 17 heavy (non-hydrogen) atoms. The van der Waals surface area contributed by atoms with Crippen LogP contribution in [0.15, 0.2) is 18.2 Å². The van der Waals surface area contributed by atoms with E-state index in [1.165, 1.54) is 19.3 Å². The van der Waals surface area contributed by atoms with Crippen molar-refractivity contribution >= 4 is 6.08 Å². The van der Waals surface area contributed by atoms with Gasteiger partial charge in [0.2, 0.25) is 0 Å². The molecule has 0 amide bonds. The summed E-state index contributed by atoms with van der Waals surface area (Å²) in [6, 6.07) is 3.92. The molecule has 0 aromatic heterocycles. The van der Waals surface area contributed by atoms with Crippen LogP contribution in [0, 0.1) is 0 Å². The van der Waals surface area contributed by atoms with Crippen molar-refractivity contribution in [3.63, 3.8) is 0 Å². The first-order chi connectivity index (χ1) is 8.20. The molecule has 0 aliphatic carbocycles. The number of rotatable bonds is 4. The number of phenolic OH excluding ortho intramolecular Hbond substituents is 1. The summed E-state index contributed by atoms with van der Waals surface area (Å²) < 4.78 is 5.71. The van der Waals surface area contributed by atoms with Crippen LogP contribution >= 0.6 is 0 Å². The quantitative estimate of drug-likeness (QED) is 0.797. The molecule has 0 unspecified atom stereocenters. The van der Waals surface area contributed by atoms with Gasteiger partial charge in [0, 0.05) is 0 Å².